The van der Waals surface area contributed by atoms with Crippen LogP contribution >= 0.6 is 11.3 Å². The van der Waals surface area contributed by atoms with Gasteiger partial charge in [-0.25, -0.2) is 0 Å². The van der Waals surface area contributed by atoms with E-state index < -0.39 is 16.0 Å². The normalized spacial score (nSPS) is 13.7. The highest BCUT2D eigenvalue weighted by atomic mass is 32.2. The highest BCUT2D eigenvalue weighted by Gasteiger charge is 2.22. The minimum absolute atomic E-state index is 0.280. The van der Waals surface area contributed by atoms with E-state index in [1.165, 1.54) is 11.3 Å². The zero-order valence-electron chi connectivity index (χ0n) is 10.3. The number of nitrogen functional groups attached to an aromatic ring is 1. The molecule has 0 fully saturated rings. The molecule has 0 aliphatic rings. The van der Waals surface area contributed by atoms with Crippen LogP contribution in [0.2, 0.25) is 0 Å². The van der Waals surface area contributed by atoms with Crippen LogP contribution in [0.5, 0.6) is 0 Å². The summed E-state index contributed by atoms with van der Waals surface area (Å²) in [6.07, 6.45) is 0. The Labute approximate surface area is 118 Å². The Kier molecular flexibility index (Phi) is 4.34. The number of nitrogens with one attached hydrogen (secondary N) is 1. The van der Waals surface area contributed by atoms with Gasteiger partial charge in [0, 0.05) is 11.4 Å². The van der Waals surface area contributed by atoms with Crippen LogP contribution in [-0.2, 0) is 15.6 Å². The highest BCUT2D eigenvalue weighted by Crippen LogP contribution is 2.19. The zero-order chi connectivity index (χ0) is 13.8. The first-order chi connectivity index (χ1) is 9.08. The van der Waals surface area contributed by atoms with E-state index in [0.717, 1.165) is 0 Å². The first-order valence-electron chi connectivity index (χ1n) is 5.68. The first kappa shape index (κ1) is 13.8. The lowest BCUT2D eigenvalue weighted by Crippen LogP contribution is -2.28. The summed E-state index contributed by atoms with van der Waals surface area (Å²) in [7, 11) is -1.33. The van der Waals surface area contributed by atoms with E-state index in [-0.39, 0.29) is 5.91 Å². The Morgan fingerprint density at radius 1 is 1.37 bits per heavy atom. The molecule has 0 bridgehead atoms. The van der Waals surface area contributed by atoms with Gasteiger partial charge in [0.1, 0.15) is 5.25 Å². The molecular formula is C13H14N2O2S2. The van der Waals surface area contributed by atoms with Crippen molar-refractivity contribution in [3.63, 3.8) is 0 Å². The molecule has 0 saturated carbocycles. The smallest absolute Gasteiger partial charge is 0.240 e. The van der Waals surface area contributed by atoms with Gasteiger partial charge in [-0.05, 0) is 36.6 Å². The second kappa shape index (κ2) is 5.99. The van der Waals surface area contributed by atoms with E-state index in [2.05, 4.69) is 5.32 Å². The summed E-state index contributed by atoms with van der Waals surface area (Å²) in [4.78, 5) is 12.0. The van der Waals surface area contributed by atoms with Gasteiger partial charge in [0.15, 0.2) is 0 Å². The van der Waals surface area contributed by atoms with E-state index in [1.54, 1.807) is 37.3 Å². The van der Waals surface area contributed by atoms with Gasteiger partial charge >= 0.3 is 0 Å². The Bertz CT molecular complexity index is 596. The molecule has 0 aliphatic carbocycles. The average Bonchev–Trinajstić information content (AvgIpc) is 2.90. The minimum atomic E-state index is -1.33. The van der Waals surface area contributed by atoms with Crippen LogP contribution in [0, 0.1) is 0 Å². The number of amides is 1. The number of hydrogen-bond donors (Lipinski definition) is 2. The number of hydrogen-bond acceptors (Lipinski definition) is 4. The second-order valence-corrected chi connectivity index (χ2v) is 6.93. The van der Waals surface area contributed by atoms with Crippen LogP contribution in [-0.4, -0.2) is 15.4 Å². The molecule has 0 radical (unpaired) electrons. The molecule has 0 saturated heterocycles. The van der Waals surface area contributed by atoms with Gasteiger partial charge in [0.25, 0.3) is 0 Å². The van der Waals surface area contributed by atoms with Gasteiger partial charge in [-0.3, -0.25) is 9.00 Å². The van der Waals surface area contributed by atoms with Crippen LogP contribution < -0.4 is 11.1 Å². The van der Waals surface area contributed by atoms with Crippen LogP contribution in [0.1, 0.15) is 6.92 Å². The third kappa shape index (κ3) is 3.42. The molecule has 3 N–H and O–H groups in total. The number of benzene rings is 1. The lowest BCUT2D eigenvalue weighted by molar-refractivity contribution is -0.115. The molecule has 2 atom stereocenters. The molecule has 6 heteroatoms. The monoisotopic (exact) mass is 294 g/mol. The first-order valence-corrected chi connectivity index (χ1v) is 7.77. The van der Waals surface area contributed by atoms with Crippen LogP contribution in [0.3, 0.4) is 0 Å². The van der Waals surface area contributed by atoms with E-state index in [4.69, 9.17) is 5.73 Å². The highest BCUT2D eigenvalue weighted by molar-refractivity contribution is 7.88. The molecule has 2 unspecified atom stereocenters. The molecule has 0 aliphatic heterocycles. The fourth-order valence-corrected chi connectivity index (χ4v) is 3.75. The number of rotatable bonds is 4. The molecular weight excluding hydrogens is 280 g/mol. The second-order valence-electron chi connectivity index (χ2n) is 3.99. The summed E-state index contributed by atoms with van der Waals surface area (Å²) in [5.74, 6) is -0.280. The van der Waals surface area contributed by atoms with Crippen molar-refractivity contribution in [2.24, 2.45) is 0 Å². The molecule has 19 heavy (non-hydrogen) atoms. The van der Waals surface area contributed by atoms with Crippen molar-refractivity contribution in [1.29, 1.82) is 0 Å². The standard InChI is InChI=1S/C13H14N2O2S2/c1-9(19(17)12-6-3-7-18-12)13(16)15-11-5-2-4-10(14)8-11/h2-9H,14H2,1H3,(H,15,16). The van der Waals surface area contributed by atoms with Gasteiger partial charge in [-0.15, -0.1) is 11.3 Å². The topological polar surface area (TPSA) is 72.2 Å². The summed E-state index contributed by atoms with van der Waals surface area (Å²) in [6, 6.07) is 10.5. The van der Waals surface area contributed by atoms with E-state index in [1.807, 2.05) is 11.4 Å². The number of carbonyl (C=O) groups is 1. The Morgan fingerprint density at radius 2 is 2.16 bits per heavy atom. The zero-order valence-corrected chi connectivity index (χ0v) is 12.0. The van der Waals surface area contributed by atoms with E-state index in [0.29, 0.717) is 15.6 Å². The Hall–Kier alpha value is -1.66. The molecule has 1 aromatic heterocycles. The van der Waals surface area contributed by atoms with Crippen molar-refractivity contribution in [2.75, 3.05) is 11.1 Å². The Balaban J connectivity index is 2.06. The molecule has 100 valence electrons. The summed E-state index contributed by atoms with van der Waals surface area (Å²) in [5, 5.41) is 3.95. The van der Waals surface area contributed by atoms with Crippen LogP contribution in [0.25, 0.3) is 0 Å². The van der Waals surface area contributed by atoms with Crippen molar-refractivity contribution in [1.82, 2.24) is 0 Å². The van der Waals surface area contributed by atoms with E-state index in [9.17, 15) is 9.00 Å². The fraction of sp³-hybridized carbons (Fsp3) is 0.154. The molecule has 2 aromatic rings. The number of anilines is 2. The summed E-state index contributed by atoms with van der Waals surface area (Å²) in [6.45, 7) is 1.65. The van der Waals surface area contributed by atoms with Gasteiger partial charge in [-0.2, -0.15) is 0 Å². The molecule has 0 spiro atoms. The van der Waals surface area contributed by atoms with Gasteiger partial charge in [0.05, 0.1) is 15.0 Å². The average molecular weight is 294 g/mol. The Morgan fingerprint density at radius 3 is 2.79 bits per heavy atom. The lowest BCUT2D eigenvalue weighted by Gasteiger charge is -2.11. The maximum absolute atomic E-state index is 12.1. The maximum Gasteiger partial charge on any atom is 0.240 e. The summed E-state index contributed by atoms with van der Waals surface area (Å²) >= 11 is 1.39. The fourth-order valence-electron chi connectivity index (χ4n) is 1.51. The maximum atomic E-state index is 12.1. The van der Waals surface area contributed by atoms with Gasteiger partial charge in [-0.1, -0.05) is 12.1 Å². The largest absolute Gasteiger partial charge is 0.399 e. The van der Waals surface area contributed by atoms with Crippen molar-refractivity contribution in [3.8, 4) is 0 Å². The van der Waals surface area contributed by atoms with Gasteiger partial charge in [0.2, 0.25) is 5.91 Å². The van der Waals surface area contributed by atoms with Crippen molar-refractivity contribution in [3.05, 3.63) is 41.8 Å². The molecule has 1 amide bonds. The quantitative estimate of drug-likeness (QED) is 0.851. The summed E-state index contributed by atoms with van der Waals surface area (Å²) < 4.78 is 12.8. The number of thiophene rings is 1. The minimum Gasteiger partial charge on any atom is -0.399 e. The number of carbonyl (C=O) groups excluding carboxylic acids is 1. The third-order valence-corrected chi connectivity index (χ3v) is 5.37. The predicted octanol–water partition coefficient (Wildman–Crippen LogP) is 2.47. The predicted molar refractivity (Wildman–Crippen MR) is 79.7 cm³/mol. The molecule has 4 nitrogen and oxygen atoms in total. The van der Waals surface area contributed by atoms with Crippen molar-refractivity contribution < 1.29 is 9.00 Å². The van der Waals surface area contributed by atoms with Crippen LogP contribution in [0.15, 0.2) is 46.0 Å². The molecule has 1 aromatic carbocycles. The molecule has 2 rings (SSSR count). The molecule has 1 heterocycles. The van der Waals surface area contributed by atoms with Gasteiger partial charge < -0.3 is 11.1 Å². The lowest BCUT2D eigenvalue weighted by atomic mass is 10.3. The summed E-state index contributed by atoms with van der Waals surface area (Å²) in [5.41, 5.74) is 6.82. The van der Waals surface area contributed by atoms with E-state index >= 15 is 0 Å². The third-order valence-electron chi connectivity index (χ3n) is 2.54. The SMILES string of the molecule is CC(C(=O)Nc1cccc(N)c1)S(=O)c1cccs1. The van der Waals surface area contributed by atoms with Crippen molar-refractivity contribution in [2.45, 2.75) is 16.4 Å². The van der Waals surface area contributed by atoms with Crippen LogP contribution in [0.4, 0.5) is 11.4 Å². The number of nitrogens with two attached hydrogens (primary N) is 1. The van der Waals surface area contributed by atoms with Crippen molar-refractivity contribution >= 4 is 39.4 Å².